The number of hydrogen-bond acceptors (Lipinski definition) is 5. The molecule has 0 saturated heterocycles. The normalized spacial score (nSPS) is 18.0. The summed E-state index contributed by atoms with van der Waals surface area (Å²) in [6.07, 6.45) is 3.36. The maximum Gasteiger partial charge on any atom is 0.578 e. The zero-order valence-corrected chi connectivity index (χ0v) is 15.9. The number of nitriles is 1. The van der Waals surface area contributed by atoms with Gasteiger partial charge in [-0.15, -0.1) is 13.2 Å². The first-order chi connectivity index (χ1) is 13.1. The smallest absolute Gasteiger partial charge is 0.578 e. The Morgan fingerprint density at radius 1 is 1.29 bits per heavy atom. The number of carbonyl (C=O) groups excluding carboxylic acids is 2. The molecular formula is C18H19F3N2O4S. The van der Waals surface area contributed by atoms with Crippen LogP contribution >= 0.6 is 0 Å². The highest BCUT2D eigenvalue weighted by Crippen LogP contribution is 2.30. The van der Waals surface area contributed by atoms with Gasteiger partial charge in [0.1, 0.15) is 6.61 Å². The Morgan fingerprint density at radius 2 is 1.86 bits per heavy atom. The van der Waals surface area contributed by atoms with Crippen molar-refractivity contribution in [3.63, 3.8) is 0 Å². The van der Waals surface area contributed by atoms with E-state index in [1.54, 1.807) is 0 Å². The minimum absolute atomic E-state index is 0.0217. The van der Waals surface area contributed by atoms with Crippen LogP contribution in [-0.4, -0.2) is 34.1 Å². The van der Waals surface area contributed by atoms with Gasteiger partial charge in [0.2, 0.25) is 0 Å². The molecule has 0 bridgehead atoms. The van der Waals surface area contributed by atoms with Crippen LogP contribution in [-0.2, 0) is 20.7 Å². The molecule has 1 amide bonds. The molecule has 2 atom stereocenters. The van der Waals surface area contributed by atoms with Crippen LogP contribution in [0.25, 0.3) is 0 Å². The number of carbonyl (C=O) groups is 2. The fourth-order valence-corrected chi connectivity index (χ4v) is 3.43. The van der Waals surface area contributed by atoms with Gasteiger partial charge in [-0.05, 0) is 44.0 Å². The van der Waals surface area contributed by atoms with Gasteiger partial charge in [-0.1, -0.05) is 12.8 Å². The maximum absolute atomic E-state index is 12.5. The highest BCUT2D eigenvalue weighted by molar-refractivity contribution is 7.92. The first-order valence-corrected chi connectivity index (χ1v) is 9.70. The lowest BCUT2D eigenvalue weighted by atomic mass is 10.0. The van der Waals surface area contributed by atoms with E-state index >= 15 is 0 Å². The summed E-state index contributed by atoms with van der Waals surface area (Å²) in [5.74, 6) is -1.33. The van der Waals surface area contributed by atoms with E-state index in [0.717, 1.165) is 49.9 Å². The van der Waals surface area contributed by atoms with Crippen LogP contribution in [0.2, 0.25) is 0 Å². The van der Waals surface area contributed by atoms with Gasteiger partial charge in [-0.2, -0.15) is 5.26 Å². The Kier molecular flexibility index (Phi) is 6.96. The molecule has 152 valence electrons. The number of hydrogen-bond donors (Lipinski definition) is 1. The molecule has 10 heteroatoms. The van der Waals surface area contributed by atoms with Crippen molar-refractivity contribution in [2.45, 2.75) is 48.5 Å². The van der Waals surface area contributed by atoms with Gasteiger partial charge in [-0.25, -0.2) is 0 Å². The number of nitrogens with one attached hydrogen (secondary N) is 1. The largest absolute Gasteiger partial charge is 0.604 e. The summed E-state index contributed by atoms with van der Waals surface area (Å²) in [7, 11) is 0. The molecule has 6 nitrogen and oxygen atoms in total. The van der Waals surface area contributed by atoms with Crippen molar-refractivity contribution in [1.29, 1.82) is 5.26 Å². The summed E-state index contributed by atoms with van der Waals surface area (Å²) in [4.78, 5) is 23.8. The van der Waals surface area contributed by atoms with Crippen LogP contribution < -0.4 is 5.32 Å². The second-order valence-corrected chi connectivity index (χ2v) is 8.20. The second kappa shape index (κ2) is 8.84. The Labute approximate surface area is 163 Å². The van der Waals surface area contributed by atoms with Gasteiger partial charge in [0.15, 0.2) is 10.4 Å². The van der Waals surface area contributed by atoms with Gasteiger partial charge < -0.3 is 14.6 Å². The molecule has 0 heterocycles. The molecule has 1 N–H and O–H groups in total. The number of esters is 1. The number of ether oxygens (including phenoxy) is 1. The van der Waals surface area contributed by atoms with E-state index < -0.39 is 39.0 Å². The lowest BCUT2D eigenvalue weighted by Crippen LogP contribution is -2.49. The standard InChI is InChI=1S/C18H19F3N2O4S/c1-17(10-22,11-27-16(25)13-4-2-3-5-13)23-15(24)12-6-8-14(9-7-12)28(26)18(19,20)21/h6-9,13H,2-5,11H2,1H3,(H,23,24). The predicted octanol–water partition coefficient (Wildman–Crippen LogP) is 3.06. The average molecular weight is 416 g/mol. The fourth-order valence-electron chi connectivity index (χ4n) is 2.78. The fraction of sp³-hybridized carbons (Fsp3) is 0.500. The summed E-state index contributed by atoms with van der Waals surface area (Å²) >= 11 is -3.19. The van der Waals surface area contributed by atoms with Crippen LogP contribution in [0, 0.1) is 17.2 Å². The molecule has 28 heavy (non-hydrogen) atoms. The summed E-state index contributed by atoms with van der Waals surface area (Å²) in [6.45, 7) is 1.03. The Morgan fingerprint density at radius 3 is 2.36 bits per heavy atom. The van der Waals surface area contributed by atoms with Crippen molar-refractivity contribution in [3.05, 3.63) is 29.8 Å². The van der Waals surface area contributed by atoms with E-state index in [2.05, 4.69) is 5.32 Å². The molecule has 1 fully saturated rings. The number of amides is 1. The minimum Gasteiger partial charge on any atom is -0.604 e. The third kappa shape index (κ3) is 5.62. The topological polar surface area (TPSA) is 102 Å². The molecule has 2 rings (SSSR count). The van der Waals surface area contributed by atoms with E-state index in [1.165, 1.54) is 6.92 Å². The summed E-state index contributed by atoms with van der Waals surface area (Å²) < 4.78 is 53.8. The van der Waals surface area contributed by atoms with Crippen molar-refractivity contribution in [2.75, 3.05) is 6.61 Å². The molecule has 2 unspecified atom stereocenters. The van der Waals surface area contributed by atoms with E-state index in [4.69, 9.17) is 4.74 Å². The average Bonchev–Trinajstić information content (AvgIpc) is 3.20. The quantitative estimate of drug-likeness (QED) is 0.567. The monoisotopic (exact) mass is 416 g/mol. The molecule has 1 aromatic rings. The number of rotatable bonds is 6. The summed E-state index contributed by atoms with van der Waals surface area (Å²) in [5, 5.41) is 11.8. The van der Waals surface area contributed by atoms with Crippen molar-refractivity contribution in [3.8, 4) is 6.07 Å². The van der Waals surface area contributed by atoms with Gasteiger partial charge in [-0.3, -0.25) is 9.59 Å². The van der Waals surface area contributed by atoms with Crippen LogP contribution in [0.1, 0.15) is 43.0 Å². The third-order valence-electron chi connectivity index (χ3n) is 4.37. The van der Waals surface area contributed by atoms with Crippen LogP contribution in [0.15, 0.2) is 29.2 Å². The zero-order chi connectivity index (χ0) is 20.9. The van der Waals surface area contributed by atoms with Crippen LogP contribution in [0.5, 0.6) is 0 Å². The SMILES string of the molecule is CC(C#N)(COC(=O)C1CCCC1)NC(=O)c1ccc([S+]([O-])C(F)(F)F)cc1. The van der Waals surface area contributed by atoms with Crippen molar-refractivity contribution < 1.29 is 32.0 Å². The Balaban J connectivity index is 1.98. The van der Waals surface area contributed by atoms with Gasteiger partial charge in [0.05, 0.1) is 23.2 Å². The summed E-state index contributed by atoms with van der Waals surface area (Å²) in [5.41, 5.74) is -6.42. The molecule has 0 spiro atoms. The highest BCUT2D eigenvalue weighted by atomic mass is 32.2. The molecule has 1 aliphatic rings. The maximum atomic E-state index is 12.5. The van der Waals surface area contributed by atoms with E-state index in [9.17, 15) is 32.6 Å². The van der Waals surface area contributed by atoms with Crippen molar-refractivity contribution in [2.24, 2.45) is 5.92 Å². The van der Waals surface area contributed by atoms with Crippen LogP contribution in [0.3, 0.4) is 0 Å². The van der Waals surface area contributed by atoms with Gasteiger partial charge >= 0.3 is 11.5 Å². The van der Waals surface area contributed by atoms with E-state index in [1.807, 2.05) is 6.07 Å². The van der Waals surface area contributed by atoms with Gasteiger partial charge in [0, 0.05) is 5.56 Å². The molecule has 1 aliphatic carbocycles. The second-order valence-electron chi connectivity index (χ2n) is 6.73. The predicted molar refractivity (Wildman–Crippen MR) is 93.3 cm³/mol. The van der Waals surface area contributed by atoms with Crippen molar-refractivity contribution in [1.82, 2.24) is 5.32 Å². The number of alkyl halides is 3. The van der Waals surface area contributed by atoms with Gasteiger partial charge in [0.25, 0.3) is 5.91 Å². The van der Waals surface area contributed by atoms with Crippen molar-refractivity contribution >= 4 is 23.1 Å². The number of nitrogens with zero attached hydrogens (tertiary/aromatic N) is 1. The molecule has 0 aromatic heterocycles. The molecule has 0 radical (unpaired) electrons. The molecule has 0 aliphatic heterocycles. The number of benzene rings is 1. The first-order valence-electron chi connectivity index (χ1n) is 8.55. The summed E-state index contributed by atoms with van der Waals surface area (Å²) in [6, 6.07) is 5.89. The first kappa shape index (κ1) is 22.0. The van der Waals surface area contributed by atoms with E-state index in [0.29, 0.717) is 0 Å². The third-order valence-corrected chi connectivity index (χ3v) is 5.49. The number of halogens is 3. The van der Waals surface area contributed by atoms with Crippen LogP contribution in [0.4, 0.5) is 13.2 Å². The lowest BCUT2D eigenvalue weighted by molar-refractivity contribution is -0.149. The van der Waals surface area contributed by atoms with E-state index in [-0.39, 0.29) is 18.1 Å². The Hall–Kier alpha value is -2.25. The minimum atomic E-state index is -4.90. The highest BCUT2D eigenvalue weighted by Gasteiger charge is 2.46. The molecular weight excluding hydrogens is 397 g/mol. The lowest BCUT2D eigenvalue weighted by Gasteiger charge is -2.23. The molecule has 1 aromatic carbocycles. The molecule has 1 saturated carbocycles. The Bertz CT molecular complexity index is 758. The zero-order valence-electron chi connectivity index (χ0n) is 15.0.